The monoisotopic (exact) mass is 1320 g/mol. The number of nitrogens with one attached hydrogen (secondary N) is 4. The minimum atomic E-state index is -4.56. The van der Waals surface area contributed by atoms with Gasteiger partial charge in [0.25, 0.3) is 0 Å². The summed E-state index contributed by atoms with van der Waals surface area (Å²) in [4.78, 5) is 95.9. The van der Waals surface area contributed by atoms with Crippen LogP contribution in [0.1, 0.15) is 171 Å². The van der Waals surface area contributed by atoms with Gasteiger partial charge in [0.1, 0.15) is 30.0 Å². The van der Waals surface area contributed by atoms with Crippen LogP contribution in [0, 0.1) is 13.8 Å². The second-order valence-corrected chi connectivity index (χ2v) is 26.5. The smallest absolute Gasteiger partial charge is 0.446 e. The van der Waals surface area contributed by atoms with Crippen molar-refractivity contribution in [1.82, 2.24) is 31.2 Å². The Hall–Kier alpha value is -5.13. The summed E-state index contributed by atoms with van der Waals surface area (Å²) < 4.78 is 53.7. The lowest BCUT2D eigenvalue weighted by molar-refractivity contribution is -0.128. The van der Waals surface area contributed by atoms with Crippen molar-refractivity contribution in [2.75, 3.05) is 89.3 Å². The van der Waals surface area contributed by atoms with Gasteiger partial charge >= 0.3 is 27.6 Å². The molecular formula is C64H105N7O16P2S. The molecule has 0 fully saturated rings. The van der Waals surface area contributed by atoms with Gasteiger partial charge < -0.3 is 65.0 Å². The third kappa shape index (κ3) is 37.4. The number of phosphoric acid groups is 1. The molecule has 23 nitrogen and oxygen atoms in total. The molecule has 0 bridgehead atoms. The second kappa shape index (κ2) is 46.9. The first kappa shape index (κ1) is 79.1. The SMILES string of the molecule is CCCCCCCCCCNC(=O)OC[C@H](CSC[C@H](NC(=O)CCCCC)C(=O)NCCOCCOCCOCCP(=O)(O)O)OC(=O)NCCCCCCCCCC.Cc1ccc2c(c1)nc(N)c1ncc(CCc3ccc(OP(=O)(O)O)cc3C)cc12. The fraction of sp³-hybridized carbons (Fsp3) is 0.656. The van der Waals surface area contributed by atoms with E-state index in [4.69, 9.17) is 49.0 Å². The summed E-state index contributed by atoms with van der Waals surface area (Å²) in [6, 6.07) is 12.4. The molecule has 0 spiro atoms. The number of thioether (sulfide) groups is 1. The number of anilines is 1. The highest BCUT2D eigenvalue weighted by atomic mass is 32.2. The van der Waals surface area contributed by atoms with Gasteiger partial charge in [0, 0.05) is 54.5 Å². The largest absolute Gasteiger partial charge is 0.524 e. The fourth-order valence-electron chi connectivity index (χ4n) is 9.45. The van der Waals surface area contributed by atoms with Gasteiger partial charge in [-0.3, -0.25) is 28.9 Å². The summed E-state index contributed by atoms with van der Waals surface area (Å²) >= 11 is 1.31. The van der Waals surface area contributed by atoms with Gasteiger partial charge in [0.05, 0.1) is 51.3 Å². The van der Waals surface area contributed by atoms with E-state index in [1.165, 1.54) is 76.0 Å². The van der Waals surface area contributed by atoms with Crippen molar-refractivity contribution in [1.29, 1.82) is 0 Å². The van der Waals surface area contributed by atoms with Crippen LogP contribution in [-0.4, -0.2) is 149 Å². The van der Waals surface area contributed by atoms with Crippen LogP contribution < -0.4 is 31.5 Å². The second-order valence-electron chi connectivity index (χ2n) is 22.5. The number of pyridine rings is 2. The Balaban J connectivity index is 0.000000579. The molecule has 2 heterocycles. The number of phosphoric ester groups is 1. The van der Waals surface area contributed by atoms with Gasteiger partial charge in [-0.1, -0.05) is 142 Å². The summed E-state index contributed by atoms with van der Waals surface area (Å²) in [6.45, 7) is 12.5. The average molecular weight is 1320 g/mol. The number of ether oxygens (including phenoxy) is 5. The van der Waals surface area contributed by atoms with Crippen LogP contribution in [0.5, 0.6) is 5.75 Å². The van der Waals surface area contributed by atoms with Crippen molar-refractivity contribution in [2.45, 2.75) is 188 Å². The molecule has 26 heteroatoms. The number of unbranched alkanes of at least 4 members (excludes halogenated alkanes) is 16. The van der Waals surface area contributed by atoms with Crippen molar-refractivity contribution in [3.8, 4) is 5.75 Å². The number of carbonyl (C=O) groups excluding carboxylic acids is 4. The predicted molar refractivity (Wildman–Crippen MR) is 356 cm³/mol. The van der Waals surface area contributed by atoms with E-state index in [1.54, 1.807) is 12.1 Å². The Morgan fingerprint density at radius 3 is 1.83 bits per heavy atom. The first-order chi connectivity index (χ1) is 43.2. The van der Waals surface area contributed by atoms with Crippen molar-refractivity contribution in [2.24, 2.45) is 0 Å². The van der Waals surface area contributed by atoms with E-state index in [-0.39, 0.29) is 88.0 Å². The molecule has 508 valence electrons. The van der Waals surface area contributed by atoms with E-state index >= 15 is 0 Å². The van der Waals surface area contributed by atoms with Crippen LogP contribution in [0.3, 0.4) is 0 Å². The van der Waals surface area contributed by atoms with Crippen LogP contribution >= 0.6 is 27.2 Å². The zero-order valence-electron chi connectivity index (χ0n) is 54.0. The molecule has 0 saturated carbocycles. The molecule has 2 aromatic heterocycles. The third-order valence-electron chi connectivity index (χ3n) is 14.4. The first-order valence-corrected chi connectivity index (χ1v) is 36.8. The Labute approximate surface area is 537 Å². The molecule has 2 aromatic carbocycles. The Morgan fingerprint density at radius 2 is 1.22 bits per heavy atom. The van der Waals surface area contributed by atoms with E-state index < -0.39 is 39.8 Å². The minimum absolute atomic E-state index is 0.0555. The van der Waals surface area contributed by atoms with Gasteiger partial charge in [-0.05, 0) is 92.5 Å². The van der Waals surface area contributed by atoms with E-state index in [0.29, 0.717) is 37.3 Å². The van der Waals surface area contributed by atoms with Crippen LogP contribution in [0.4, 0.5) is 15.4 Å². The van der Waals surface area contributed by atoms with Gasteiger partial charge in [-0.25, -0.2) is 19.1 Å². The van der Waals surface area contributed by atoms with Crippen molar-refractivity contribution < 1.29 is 76.1 Å². The molecule has 4 aromatic rings. The number of benzene rings is 2. The van der Waals surface area contributed by atoms with Gasteiger partial charge in [-0.15, -0.1) is 0 Å². The fourth-order valence-corrected chi connectivity index (χ4v) is 11.2. The number of amides is 4. The maximum absolute atomic E-state index is 13.2. The quantitative estimate of drug-likeness (QED) is 0.0113. The lowest BCUT2D eigenvalue weighted by Crippen LogP contribution is -2.49. The summed E-state index contributed by atoms with van der Waals surface area (Å²) in [5, 5.41) is 13.3. The van der Waals surface area contributed by atoms with Crippen LogP contribution in [0.25, 0.3) is 21.8 Å². The number of alkyl carbamates (subject to hydrolysis) is 2. The highest BCUT2D eigenvalue weighted by molar-refractivity contribution is 7.99. The number of nitrogens with two attached hydrogens (primary N) is 1. The average Bonchev–Trinajstić information content (AvgIpc) is 0.811. The van der Waals surface area contributed by atoms with Gasteiger partial charge in [0.15, 0.2) is 5.82 Å². The summed E-state index contributed by atoms with van der Waals surface area (Å²) in [5.41, 5.74) is 11.9. The highest BCUT2D eigenvalue weighted by Crippen LogP contribution is 2.38. The number of rotatable bonds is 48. The lowest BCUT2D eigenvalue weighted by Gasteiger charge is -2.21. The molecular weight excluding hydrogens is 1220 g/mol. The van der Waals surface area contributed by atoms with Gasteiger partial charge in [-0.2, -0.15) is 11.8 Å². The zero-order valence-corrected chi connectivity index (χ0v) is 56.6. The maximum atomic E-state index is 13.2. The van der Waals surface area contributed by atoms with Crippen molar-refractivity contribution >= 4 is 78.8 Å². The Morgan fingerprint density at radius 1 is 0.633 bits per heavy atom. The summed E-state index contributed by atoms with van der Waals surface area (Å²) in [5.74, 6) is 0.390. The molecule has 0 aliphatic rings. The molecule has 90 heavy (non-hydrogen) atoms. The van der Waals surface area contributed by atoms with Crippen LogP contribution in [-0.2, 0) is 55.2 Å². The third-order valence-corrected chi connectivity index (χ3v) is 16.8. The van der Waals surface area contributed by atoms with E-state index in [9.17, 15) is 28.3 Å². The zero-order chi connectivity index (χ0) is 65.8. The number of fused-ring (bicyclic) bond motifs is 3. The first-order valence-electron chi connectivity index (χ1n) is 32.3. The van der Waals surface area contributed by atoms with Crippen molar-refractivity contribution in [3.05, 3.63) is 70.9 Å². The molecule has 4 amide bonds. The Bertz CT molecular complexity index is 2790. The molecule has 0 aliphatic carbocycles. The molecule has 4 rings (SSSR count). The normalized spacial score (nSPS) is 12.2. The number of hydrogen-bond acceptors (Lipinski definition) is 16. The number of aryl methyl sites for hydroxylation is 4. The summed E-state index contributed by atoms with van der Waals surface area (Å²) in [7, 11) is -8.64. The van der Waals surface area contributed by atoms with Gasteiger partial charge in [0.2, 0.25) is 11.8 Å². The number of nitrogens with zero attached hydrogens (tertiary/aromatic N) is 2. The number of hydrogen-bond donors (Lipinski definition) is 9. The minimum Gasteiger partial charge on any atom is -0.446 e. The molecule has 0 radical (unpaired) electrons. The molecule has 2 atom stereocenters. The van der Waals surface area contributed by atoms with E-state index in [0.717, 1.165) is 103 Å². The lowest BCUT2D eigenvalue weighted by atomic mass is 9.99. The number of aromatic nitrogens is 2. The molecule has 0 unspecified atom stereocenters. The Kier molecular flexibility index (Phi) is 41.2. The van der Waals surface area contributed by atoms with E-state index in [1.807, 2.05) is 39.1 Å². The maximum Gasteiger partial charge on any atom is 0.524 e. The highest BCUT2D eigenvalue weighted by Gasteiger charge is 2.24. The standard InChI is InChI=1S/C42H83N4O12PS.C22H22N3O4P/c1-4-7-10-12-14-16-18-21-24-44-41(49)57-34-37(58-42(50)45-25-22-19-17-15-13-11-8-5-2)35-60-36-38(46-39(47)23-20-9-6-3)40(48)43-26-27-54-28-29-55-30-31-56-32-33-59(51,52)53;1-13-3-8-18-19-11-15(12-24-21(19)22(23)25-20(18)9-13)4-5-16-6-7-17(10-14(16)2)29-30(26,27)28/h37-38H,4-36H2,1-3H3,(H,43,48)(H,44,49)(H,45,50)(H,46,47)(H2,51,52,53);3,6-12H,4-5H2,1-2H3,(H2,23,25)(H2,26,27,28)/t37-,38+;/m1./s1. The number of nitrogen functional groups attached to an aromatic ring is 1. The number of carbonyl (C=O) groups is 4. The van der Waals surface area contributed by atoms with Crippen LogP contribution in [0.15, 0.2) is 48.7 Å². The summed E-state index contributed by atoms with van der Waals surface area (Å²) in [6.07, 6.45) is 22.3. The predicted octanol–water partition coefficient (Wildman–Crippen LogP) is 11.5. The molecule has 0 aliphatic heterocycles. The van der Waals surface area contributed by atoms with Crippen LogP contribution in [0.2, 0.25) is 0 Å². The van der Waals surface area contributed by atoms with E-state index in [2.05, 4.69) is 67.8 Å². The molecule has 0 saturated heterocycles. The van der Waals surface area contributed by atoms with Crippen molar-refractivity contribution in [3.63, 3.8) is 0 Å². The molecule has 10 N–H and O–H groups in total. The topological polar surface area (TPSA) is 339 Å².